The van der Waals surface area contributed by atoms with Gasteiger partial charge in [0.15, 0.2) is 0 Å². The highest BCUT2D eigenvalue weighted by Gasteiger charge is 2.19. The van der Waals surface area contributed by atoms with E-state index >= 15 is 0 Å². The molecule has 0 radical (unpaired) electrons. The lowest BCUT2D eigenvalue weighted by molar-refractivity contribution is 0.711. The molecule has 0 unspecified atom stereocenters. The van der Waals surface area contributed by atoms with Gasteiger partial charge in [-0.2, -0.15) is 0 Å². The van der Waals surface area contributed by atoms with Crippen molar-refractivity contribution in [1.82, 2.24) is 5.32 Å². The molecule has 0 spiro atoms. The molecule has 29 heavy (non-hydrogen) atoms. The number of benzene rings is 3. The smallest absolute Gasteiger partial charge is 0.0646 e. The summed E-state index contributed by atoms with van der Waals surface area (Å²) in [6.07, 6.45) is 2.06. The molecule has 0 saturated heterocycles. The number of fused-ring (bicyclic) bond motifs is 2. The lowest BCUT2D eigenvalue weighted by atomic mass is 9.99. The van der Waals surface area contributed by atoms with Gasteiger partial charge in [0.25, 0.3) is 0 Å². The van der Waals surface area contributed by atoms with Gasteiger partial charge in [0, 0.05) is 28.4 Å². The van der Waals surface area contributed by atoms with Crippen LogP contribution >= 0.6 is 22.9 Å². The molecule has 5 rings (SSSR count). The number of halogens is 1. The summed E-state index contributed by atoms with van der Waals surface area (Å²) in [6, 6.07) is 21.6. The Morgan fingerprint density at radius 2 is 1.79 bits per heavy atom. The maximum atomic E-state index is 6.70. The van der Waals surface area contributed by atoms with Crippen LogP contribution < -0.4 is 10.2 Å². The second kappa shape index (κ2) is 7.83. The molecule has 4 heteroatoms. The SMILES string of the molecule is CN(c1ccc2c(-c3ccccc3)csc2c1)c1c(Cl)ccc2c1CCNCC2. The van der Waals surface area contributed by atoms with E-state index in [1.165, 1.54) is 38.0 Å². The van der Waals surface area contributed by atoms with Gasteiger partial charge < -0.3 is 10.2 Å². The van der Waals surface area contributed by atoms with Crippen LogP contribution in [0.3, 0.4) is 0 Å². The zero-order valence-corrected chi connectivity index (χ0v) is 18.0. The standard InChI is InChI=1S/C25H23ClN2S/c1-28(25-20-12-14-27-13-11-18(20)7-10-23(25)26)19-8-9-21-22(16-29-24(21)15-19)17-5-3-2-4-6-17/h2-10,15-16,27H,11-14H2,1H3. The summed E-state index contributed by atoms with van der Waals surface area (Å²) in [5, 5.41) is 7.89. The van der Waals surface area contributed by atoms with Crippen molar-refractivity contribution in [2.24, 2.45) is 0 Å². The van der Waals surface area contributed by atoms with Crippen molar-refractivity contribution in [2.45, 2.75) is 12.8 Å². The van der Waals surface area contributed by atoms with Crippen molar-refractivity contribution in [3.63, 3.8) is 0 Å². The molecule has 1 aliphatic rings. The Morgan fingerprint density at radius 1 is 0.966 bits per heavy atom. The Hall–Kier alpha value is -2.33. The molecule has 4 aromatic rings. The number of nitrogens with zero attached hydrogens (tertiary/aromatic N) is 1. The van der Waals surface area contributed by atoms with E-state index in [0.29, 0.717) is 0 Å². The fraction of sp³-hybridized carbons (Fsp3) is 0.200. The summed E-state index contributed by atoms with van der Waals surface area (Å²) in [5.74, 6) is 0. The van der Waals surface area contributed by atoms with Gasteiger partial charge in [0.05, 0.1) is 10.7 Å². The summed E-state index contributed by atoms with van der Waals surface area (Å²) in [5.41, 5.74) is 7.67. The van der Waals surface area contributed by atoms with E-state index in [9.17, 15) is 0 Å². The normalized spacial score (nSPS) is 13.9. The second-order valence-corrected chi connectivity index (χ2v) is 8.86. The first-order chi connectivity index (χ1) is 14.2. The Bertz CT molecular complexity index is 1170. The van der Waals surface area contributed by atoms with Crippen LogP contribution in [0, 0.1) is 0 Å². The monoisotopic (exact) mass is 418 g/mol. The first-order valence-electron chi connectivity index (χ1n) is 10.0. The highest BCUT2D eigenvalue weighted by Crippen LogP contribution is 2.40. The number of thiophene rings is 1. The fourth-order valence-corrected chi connectivity index (χ4v) is 5.59. The molecule has 146 valence electrons. The van der Waals surface area contributed by atoms with Crippen LogP contribution in [-0.2, 0) is 12.8 Å². The van der Waals surface area contributed by atoms with Crippen molar-refractivity contribution in [2.75, 3.05) is 25.0 Å². The maximum Gasteiger partial charge on any atom is 0.0646 e. The molecular weight excluding hydrogens is 396 g/mol. The van der Waals surface area contributed by atoms with Gasteiger partial charge in [0.2, 0.25) is 0 Å². The Kier molecular flexibility index (Phi) is 5.04. The van der Waals surface area contributed by atoms with Gasteiger partial charge in [0.1, 0.15) is 0 Å². The minimum atomic E-state index is 0.824. The number of rotatable bonds is 3. The summed E-state index contributed by atoms with van der Waals surface area (Å²) < 4.78 is 1.30. The lowest BCUT2D eigenvalue weighted by Gasteiger charge is -2.25. The Labute approximate surface area is 180 Å². The van der Waals surface area contributed by atoms with Gasteiger partial charge >= 0.3 is 0 Å². The molecule has 0 aliphatic carbocycles. The average molecular weight is 419 g/mol. The summed E-state index contributed by atoms with van der Waals surface area (Å²) in [7, 11) is 2.13. The zero-order chi connectivity index (χ0) is 19.8. The van der Waals surface area contributed by atoms with Gasteiger partial charge in [-0.15, -0.1) is 11.3 Å². The number of nitrogens with one attached hydrogen (secondary N) is 1. The molecule has 0 amide bonds. The van der Waals surface area contributed by atoms with Crippen LogP contribution in [0.4, 0.5) is 11.4 Å². The van der Waals surface area contributed by atoms with E-state index in [-0.39, 0.29) is 0 Å². The van der Waals surface area contributed by atoms with Crippen LogP contribution in [0.1, 0.15) is 11.1 Å². The molecule has 1 aromatic heterocycles. The van der Waals surface area contributed by atoms with E-state index < -0.39 is 0 Å². The molecule has 0 fully saturated rings. The van der Waals surface area contributed by atoms with E-state index in [4.69, 9.17) is 11.6 Å². The Morgan fingerprint density at radius 3 is 2.66 bits per heavy atom. The predicted octanol–water partition coefficient (Wildman–Crippen LogP) is 6.68. The maximum absolute atomic E-state index is 6.70. The minimum absolute atomic E-state index is 0.824. The van der Waals surface area contributed by atoms with Crippen molar-refractivity contribution in [1.29, 1.82) is 0 Å². The highest BCUT2D eigenvalue weighted by atomic mass is 35.5. The molecular formula is C25H23ClN2S. The molecule has 0 saturated carbocycles. The van der Waals surface area contributed by atoms with Crippen LogP contribution in [-0.4, -0.2) is 20.1 Å². The van der Waals surface area contributed by atoms with E-state index in [0.717, 1.165) is 36.6 Å². The predicted molar refractivity (Wildman–Crippen MR) is 127 cm³/mol. The lowest BCUT2D eigenvalue weighted by Crippen LogP contribution is -2.17. The van der Waals surface area contributed by atoms with Gasteiger partial charge in [-0.1, -0.05) is 54.1 Å². The molecule has 1 N–H and O–H groups in total. The summed E-state index contributed by atoms with van der Waals surface area (Å²) in [6.45, 7) is 2.03. The average Bonchev–Trinajstić information content (AvgIpc) is 3.03. The minimum Gasteiger partial charge on any atom is -0.343 e. The number of hydrogen-bond donors (Lipinski definition) is 1. The van der Waals surface area contributed by atoms with Gasteiger partial charge in [-0.25, -0.2) is 0 Å². The van der Waals surface area contributed by atoms with Crippen molar-refractivity contribution in [3.8, 4) is 11.1 Å². The van der Waals surface area contributed by atoms with Crippen molar-refractivity contribution in [3.05, 3.63) is 82.2 Å². The summed E-state index contributed by atoms with van der Waals surface area (Å²) in [4.78, 5) is 2.26. The third-order valence-electron chi connectivity index (χ3n) is 5.82. The summed E-state index contributed by atoms with van der Waals surface area (Å²) >= 11 is 8.50. The zero-order valence-electron chi connectivity index (χ0n) is 16.4. The third kappa shape index (κ3) is 3.44. The fourth-order valence-electron chi connectivity index (χ4n) is 4.28. The number of anilines is 2. The third-order valence-corrected chi connectivity index (χ3v) is 7.07. The first kappa shape index (κ1) is 18.7. The van der Waals surface area contributed by atoms with Crippen molar-refractivity contribution < 1.29 is 0 Å². The quantitative estimate of drug-likeness (QED) is 0.399. The van der Waals surface area contributed by atoms with Crippen LogP contribution in [0.15, 0.2) is 66.0 Å². The molecule has 1 aliphatic heterocycles. The Balaban J connectivity index is 1.57. The molecule has 0 atom stereocenters. The van der Waals surface area contributed by atoms with Crippen LogP contribution in [0.25, 0.3) is 21.2 Å². The van der Waals surface area contributed by atoms with E-state index in [1.807, 2.05) is 0 Å². The molecule has 2 heterocycles. The first-order valence-corrected chi connectivity index (χ1v) is 11.3. The van der Waals surface area contributed by atoms with E-state index in [1.54, 1.807) is 11.3 Å². The molecule has 0 bridgehead atoms. The largest absolute Gasteiger partial charge is 0.343 e. The second-order valence-electron chi connectivity index (χ2n) is 7.54. The number of hydrogen-bond acceptors (Lipinski definition) is 3. The van der Waals surface area contributed by atoms with Crippen LogP contribution in [0.2, 0.25) is 5.02 Å². The van der Waals surface area contributed by atoms with Gasteiger partial charge in [-0.3, -0.25) is 0 Å². The molecule has 3 aromatic carbocycles. The van der Waals surface area contributed by atoms with Crippen LogP contribution in [0.5, 0.6) is 0 Å². The van der Waals surface area contributed by atoms with E-state index in [2.05, 4.69) is 83.3 Å². The van der Waals surface area contributed by atoms with Gasteiger partial charge in [-0.05, 0) is 66.2 Å². The highest BCUT2D eigenvalue weighted by molar-refractivity contribution is 7.17. The molecule has 2 nitrogen and oxygen atoms in total. The topological polar surface area (TPSA) is 15.3 Å². The van der Waals surface area contributed by atoms with Crippen molar-refractivity contribution >= 4 is 44.4 Å².